The Morgan fingerprint density at radius 2 is 2.17 bits per heavy atom. The first-order valence-corrected chi connectivity index (χ1v) is 7.03. The van der Waals surface area contributed by atoms with Gasteiger partial charge in [0.05, 0.1) is 16.6 Å². The number of pyridine rings is 1. The van der Waals surface area contributed by atoms with E-state index in [-0.39, 0.29) is 11.3 Å². The van der Waals surface area contributed by atoms with Crippen molar-refractivity contribution in [3.8, 4) is 11.9 Å². The summed E-state index contributed by atoms with van der Waals surface area (Å²) in [6.45, 7) is 0.386. The van der Waals surface area contributed by atoms with Gasteiger partial charge in [-0.05, 0) is 29.8 Å². The van der Waals surface area contributed by atoms with E-state index < -0.39 is 4.92 Å². The number of nitrogens with one attached hydrogen (secondary N) is 1. The maximum Gasteiger partial charge on any atom is 0.293 e. The lowest BCUT2D eigenvalue weighted by molar-refractivity contribution is -0.384. The van der Waals surface area contributed by atoms with E-state index in [4.69, 9.17) is 5.26 Å². The molecular formula is C16H12N6O2. The molecule has 3 rings (SSSR count). The number of imidazole rings is 1. The Morgan fingerprint density at radius 1 is 1.29 bits per heavy atom. The summed E-state index contributed by atoms with van der Waals surface area (Å²) in [5, 5.41) is 23.0. The van der Waals surface area contributed by atoms with Crippen LogP contribution in [0.3, 0.4) is 0 Å². The van der Waals surface area contributed by atoms with Crippen molar-refractivity contribution in [1.29, 1.82) is 5.26 Å². The molecule has 0 aliphatic heterocycles. The Balaban J connectivity index is 1.80. The van der Waals surface area contributed by atoms with E-state index in [1.165, 1.54) is 12.1 Å². The van der Waals surface area contributed by atoms with Crippen molar-refractivity contribution in [2.24, 2.45) is 0 Å². The van der Waals surface area contributed by atoms with Crippen LogP contribution in [0.1, 0.15) is 11.1 Å². The molecule has 0 radical (unpaired) electrons. The lowest BCUT2D eigenvalue weighted by atomic mass is 10.1. The molecule has 24 heavy (non-hydrogen) atoms. The highest BCUT2D eigenvalue weighted by Gasteiger charge is 2.14. The van der Waals surface area contributed by atoms with Gasteiger partial charge in [0.1, 0.15) is 17.8 Å². The van der Waals surface area contributed by atoms with Crippen LogP contribution in [0.25, 0.3) is 5.82 Å². The first-order valence-electron chi connectivity index (χ1n) is 7.03. The molecule has 1 N–H and O–H groups in total. The average molecular weight is 320 g/mol. The lowest BCUT2D eigenvalue weighted by Gasteiger charge is -2.09. The van der Waals surface area contributed by atoms with E-state index in [9.17, 15) is 10.1 Å². The van der Waals surface area contributed by atoms with Gasteiger partial charge in [0, 0.05) is 31.2 Å². The van der Waals surface area contributed by atoms with Crippen molar-refractivity contribution in [1.82, 2.24) is 14.5 Å². The second kappa shape index (κ2) is 6.58. The molecule has 0 aliphatic carbocycles. The predicted molar refractivity (Wildman–Crippen MR) is 86.5 cm³/mol. The molecule has 8 heteroatoms. The number of rotatable bonds is 5. The maximum atomic E-state index is 11.1. The Morgan fingerprint density at radius 3 is 2.88 bits per heavy atom. The minimum Gasteiger partial charge on any atom is -0.375 e. The van der Waals surface area contributed by atoms with Gasteiger partial charge in [-0.2, -0.15) is 5.26 Å². The minimum absolute atomic E-state index is 0.127. The number of anilines is 1. The van der Waals surface area contributed by atoms with Crippen molar-refractivity contribution < 1.29 is 4.92 Å². The van der Waals surface area contributed by atoms with Crippen molar-refractivity contribution in [3.63, 3.8) is 0 Å². The van der Waals surface area contributed by atoms with Crippen molar-refractivity contribution in [2.45, 2.75) is 6.54 Å². The zero-order valence-corrected chi connectivity index (χ0v) is 12.5. The third kappa shape index (κ3) is 3.20. The fourth-order valence-electron chi connectivity index (χ4n) is 2.21. The molecular weight excluding hydrogens is 308 g/mol. The first kappa shape index (κ1) is 15.2. The molecule has 0 saturated heterocycles. The number of nitro groups is 1. The van der Waals surface area contributed by atoms with Gasteiger partial charge in [-0.15, -0.1) is 0 Å². The van der Waals surface area contributed by atoms with Gasteiger partial charge in [-0.3, -0.25) is 14.7 Å². The van der Waals surface area contributed by atoms with Crippen LogP contribution in [-0.2, 0) is 6.54 Å². The summed E-state index contributed by atoms with van der Waals surface area (Å²) in [5.41, 5.74) is 1.39. The summed E-state index contributed by atoms with van der Waals surface area (Å²) in [5.74, 6) is 0.709. The van der Waals surface area contributed by atoms with E-state index in [1.807, 2.05) is 18.2 Å². The number of aromatic nitrogens is 3. The van der Waals surface area contributed by atoms with Crippen molar-refractivity contribution >= 4 is 11.4 Å². The molecule has 0 atom stereocenters. The Labute approximate surface area is 137 Å². The van der Waals surface area contributed by atoms with E-state index >= 15 is 0 Å². The fourth-order valence-corrected chi connectivity index (χ4v) is 2.21. The van der Waals surface area contributed by atoms with Crippen LogP contribution in [-0.4, -0.2) is 19.5 Å². The maximum absolute atomic E-state index is 11.1. The largest absolute Gasteiger partial charge is 0.375 e. The zero-order valence-electron chi connectivity index (χ0n) is 12.5. The number of nitro benzene ring substituents is 1. The lowest BCUT2D eigenvalue weighted by Crippen LogP contribution is -2.04. The third-order valence-corrected chi connectivity index (χ3v) is 3.39. The third-order valence-electron chi connectivity index (χ3n) is 3.39. The number of nitrogens with zero attached hydrogens (tertiary/aromatic N) is 5. The van der Waals surface area contributed by atoms with Crippen LogP contribution < -0.4 is 5.32 Å². The van der Waals surface area contributed by atoms with Gasteiger partial charge < -0.3 is 5.32 Å². The van der Waals surface area contributed by atoms with E-state index in [2.05, 4.69) is 15.3 Å². The van der Waals surface area contributed by atoms with E-state index in [0.29, 0.717) is 18.1 Å². The van der Waals surface area contributed by atoms with E-state index in [0.717, 1.165) is 5.56 Å². The highest BCUT2D eigenvalue weighted by molar-refractivity contribution is 5.64. The minimum atomic E-state index is -0.507. The monoisotopic (exact) mass is 320 g/mol. The van der Waals surface area contributed by atoms with Crippen LogP contribution in [0, 0.1) is 21.4 Å². The molecule has 118 valence electrons. The number of hydrogen-bond acceptors (Lipinski definition) is 6. The molecule has 0 amide bonds. The van der Waals surface area contributed by atoms with Gasteiger partial charge in [-0.25, -0.2) is 9.97 Å². The molecule has 2 aromatic heterocycles. The molecule has 1 aromatic carbocycles. The van der Waals surface area contributed by atoms with Gasteiger partial charge >= 0.3 is 0 Å². The first-order chi connectivity index (χ1) is 11.7. The standard InChI is InChI=1S/C16H12N6O2/c17-9-12-1-2-14(15(7-12)22(23)24)20-10-13-3-4-19-16(8-13)21-6-5-18-11-21/h1-8,11,20H,10H2. The van der Waals surface area contributed by atoms with Crippen LogP contribution >= 0.6 is 0 Å². The Kier molecular flexibility index (Phi) is 4.16. The zero-order chi connectivity index (χ0) is 16.9. The average Bonchev–Trinajstić information content (AvgIpc) is 3.14. The van der Waals surface area contributed by atoms with Crippen LogP contribution in [0.15, 0.2) is 55.2 Å². The SMILES string of the molecule is N#Cc1ccc(NCc2ccnc(-n3ccnc3)c2)c([N+](=O)[O-])c1. The van der Waals surface area contributed by atoms with Crippen molar-refractivity contribution in [3.05, 3.63) is 76.5 Å². The van der Waals surface area contributed by atoms with Crippen LogP contribution in [0.4, 0.5) is 11.4 Å². The summed E-state index contributed by atoms with van der Waals surface area (Å²) < 4.78 is 1.77. The summed E-state index contributed by atoms with van der Waals surface area (Å²) in [4.78, 5) is 18.9. The quantitative estimate of drug-likeness (QED) is 0.571. The van der Waals surface area contributed by atoms with E-state index in [1.54, 1.807) is 35.6 Å². The smallest absolute Gasteiger partial charge is 0.293 e. The molecule has 0 spiro atoms. The van der Waals surface area contributed by atoms with Gasteiger partial charge in [0.25, 0.3) is 5.69 Å². The second-order valence-corrected chi connectivity index (χ2v) is 4.95. The summed E-state index contributed by atoms with van der Waals surface area (Å²) in [6, 6.07) is 9.92. The normalized spacial score (nSPS) is 10.1. The summed E-state index contributed by atoms with van der Waals surface area (Å²) in [7, 11) is 0. The molecule has 0 fully saturated rings. The molecule has 8 nitrogen and oxygen atoms in total. The number of benzene rings is 1. The molecule has 0 bridgehead atoms. The van der Waals surface area contributed by atoms with Gasteiger partial charge in [0.2, 0.25) is 0 Å². The predicted octanol–water partition coefficient (Wildman–Crippen LogP) is 2.66. The Bertz CT molecular complexity index is 915. The highest BCUT2D eigenvalue weighted by Crippen LogP contribution is 2.26. The van der Waals surface area contributed by atoms with Crippen LogP contribution in [0.2, 0.25) is 0 Å². The molecule has 0 aliphatic rings. The molecule has 3 aromatic rings. The summed E-state index contributed by atoms with van der Waals surface area (Å²) in [6.07, 6.45) is 6.75. The fraction of sp³-hybridized carbons (Fsp3) is 0.0625. The van der Waals surface area contributed by atoms with Gasteiger partial charge in [0.15, 0.2) is 0 Å². The topological polar surface area (TPSA) is 110 Å². The van der Waals surface area contributed by atoms with Gasteiger partial charge in [-0.1, -0.05) is 0 Å². The van der Waals surface area contributed by atoms with Crippen molar-refractivity contribution in [2.75, 3.05) is 5.32 Å². The number of nitriles is 1. The second-order valence-electron chi connectivity index (χ2n) is 4.95. The highest BCUT2D eigenvalue weighted by atomic mass is 16.6. The number of hydrogen-bond donors (Lipinski definition) is 1. The molecule has 2 heterocycles. The molecule has 0 unspecified atom stereocenters. The van der Waals surface area contributed by atoms with Crippen LogP contribution in [0.5, 0.6) is 0 Å². The summed E-state index contributed by atoms with van der Waals surface area (Å²) >= 11 is 0. The molecule has 0 saturated carbocycles. The Hall–Kier alpha value is -3.73.